The van der Waals surface area contributed by atoms with Crippen LogP contribution in [0.15, 0.2) is 65.5 Å². The zero-order valence-electron chi connectivity index (χ0n) is 10.3. The van der Waals surface area contributed by atoms with Crippen molar-refractivity contribution < 1.29 is 4.74 Å². The average Bonchev–Trinajstić information content (AvgIpc) is 2.46. The van der Waals surface area contributed by atoms with Crippen LogP contribution in [0.2, 0.25) is 0 Å². The summed E-state index contributed by atoms with van der Waals surface area (Å²) in [5.74, 6) is 0.748. The summed E-state index contributed by atoms with van der Waals surface area (Å²) < 4.78 is 5.72. The molecule has 0 unspecified atom stereocenters. The Hall–Kier alpha value is -2.55. The van der Waals surface area contributed by atoms with Gasteiger partial charge in [-0.1, -0.05) is 30.3 Å². The summed E-state index contributed by atoms with van der Waals surface area (Å²) in [5.41, 5.74) is 1.80. The SMILES string of the molecule is O=c1ccc2ccc(OCc3ccccc3)cc2[nH]1. The fourth-order valence-electron chi connectivity index (χ4n) is 1.96. The summed E-state index contributed by atoms with van der Waals surface area (Å²) >= 11 is 0. The van der Waals surface area contributed by atoms with Crippen LogP contribution >= 0.6 is 0 Å². The molecule has 1 aromatic heterocycles. The Balaban J connectivity index is 1.83. The highest BCUT2D eigenvalue weighted by Crippen LogP contribution is 2.19. The van der Waals surface area contributed by atoms with Gasteiger partial charge in [0.25, 0.3) is 0 Å². The van der Waals surface area contributed by atoms with Crippen LogP contribution in [0.25, 0.3) is 10.9 Å². The van der Waals surface area contributed by atoms with Crippen LogP contribution in [0.1, 0.15) is 5.56 Å². The predicted molar refractivity (Wildman–Crippen MR) is 75.3 cm³/mol. The summed E-state index contributed by atoms with van der Waals surface area (Å²) in [7, 11) is 0. The molecule has 94 valence electrons. The van der Waals surface area contributed by atoms with Crippen LogP contribution < -0.4 is 10.3 Å². The molecule has 0 atom stereocenters. The number of hydrogen-bond acceptors (Lipinski definition) is 2. The maximum Gasteiger partial charge on any atom is 0.248 e. The van der Waals surface area contributed by atoms with Crippen LogP contribution in [0.3, 0.4) is 0 Å². The number of nitrogens with one attached hydrogen (secondary N) is 1. The van der Waals surface area contributed by atoms with Crippen molar-refractivity contribution in [3.8, 4) is 5.75 Å². The van der Waals surface area contributed by atoms with Crippen LogP contribution in [-0.4, -0.2) is 4.98 Å². The first-order valence-corrected chi connectivity index (χ1v) is 6.11. The lowest BCUT2D eigenvalue weighted by Crippen LogP contribution is -2.02. The van der Waals surface area contributed by atoms with Crippen LogP contribution in [-0.2, 0) is 6.61 Å². The molecule has 0 aliphatic rings. The third-order valence-electron chi connectivity index (χ3n) is 2.95. The van der Waals surface area contributed by atoms with Gasteiger partial charge in [0.05, 0.1) is 5.52 Å². The van der Waals surface area contributed by atoms with Gasteiger partial charge in [-0.25, -0.2) is 0 Å². The van der Waals surface area contributed by atoms with E-state index in [0.717, 1.165) is 22.2 Å². The standard InChI is InChI=1S/C16H13NO2/c18-16-9-7-13-6-8-14(10-15(13)17-16)19-11-12-4-2-1-3-5-12/h1-10H,11H2,(H,17,18). The third-order valence-corrected chi connectivity index (χ3v) is 2.95. The van der Waals surface area contributed by atoms with Crippen molar-refractivity contribution in [2.75, 3.05) is 0 Å². The maximum absolute atomic E-state index is 11.3. The molecule has 3 aromatic rings. The fraction of sp³-hybridized carbons (Fsp3) is 0.0625. The van der Waals surface area contributed by atoms with Gasteiger partial charge >= 0.3 is 0 Å². The molecular formula is C16H13NO2. The number of benzene rings is 2. The largest absolute Gasteiger partial charge is 0.489 e. The van der Waals surface area contributed by atoms with Gasteiger partial charge in [-0.3, -0.25) is 4.79 Å². The topological polar surface area (TPSA) is 42.1 Å². The first kappa shape index (κ1) is 11.5. The third kappa shape index (κ3) is 2.65. The van der Waals surface area contributed by atoms with Crippen LogP contribution in [0.4, 0.5) is 0 Å². The Morgan fingerprint density at radius 2 is 1.74 bits per heavy atom. The second-order valence-corrected chi connectivity index (χ2v) is 4.35. The lowest BCUT2D eigenvalue weighted by Gasteiger charge is -2.07. The quantitative estimate of drug-likeness (QED) is 0.777. The van der Waals surface area contributed by atoms with E-state index in [9.17, 15) is 4.79 Å². The molecule has 2 aromatic carbocycles. The number of ether oxygens (including phenoxy) is 1. The molecule has 1 N–H and O–H groups in total. The molecule has 3 nitrogen and oxygen atoms in total. The molecule has 1 heterocycles. The highest BCUT2D eigenvalue weighted by Gasteiger charge is 1.99. The Kier molecular flexibility index (Phi) is 3.02. The molecule has 0 saturated carbocycles. The first-order chi connectivity index (χ1) is 9.31. The smallest absolute Gasteiger partial charge is 0.248 e. The summed E-state index contributed by atoms with van der Waals surface area (Å²) in [6.07, 6.45) is 0. The molecule has 19 heavy (non-hydrogen) atoms. The van der Waals surface area contributed by atoms with E-state index in [1.165, 1.54) is 6.07 Å². The molecule has 3 heteroatoms. The summed E-state index contributed by atoms with van der Waals surface area (Å²) in [5, 5.41) is 0.992. The van der Waals surface area contributed by atoms with Gasteiger partial charge in [0.15, 0.2) is 0 Å². The van der Waals surface area contributed by atoms with E-state index in [4.69, 9.17) is 4.74 Å². The molecule has 0 spiro atoms. The molecule has 0 saturated heterocycles. The van der Waals surface area contributed by atoms with E-state index in [1.807, 2.05) is 48.5 Å². The van der Waals surface area contributed by atoms with Crippen LogP contribution in [0, 0.1) is 0 Å². The Morgan fingerprint density at radius 3 is 2.58 bits per heavy atom. The number of rotatable bonds is 3. The van der Waals surface area contributed by atoms with Gasteiger partial charge in [-0.2, -0.15) is 0 Å². The molecule has 0 amide bonds. The molecule has 0 aliphatic carbocycles. The maximum atomic E-state index is 11.3. The molecule has 0 aliphatic heterocycles. The monoisotopic (exact) mass is 251 g/mol. The zero-order valence-corrected chi connectivity index (χ0v) is 10.3. The van der Waals surface area contributed by atoms with Crippen molar-refractivity contribution in [3.05, 3.63) is 76.6 Å². The van der Waals surface area contributed by atoms with Gasteiger partial charge in [-0.15, -0.1) is 0 Å². The van der Waals surface area contributed by atoms with E-state index < -0.39 is 0 Å². The van der Waals surface area contributed by atoms with Crippen molar-refractivity contribution in [2.45, 2.75) is 6.61 Å². The molecule has 0 bridgehead atoms. The zero-order chi connectivity index (χ0) is 13.1. The van der Waals surface area contributed by atoms with Crippen molar-refractivity contribution in [1.82, 2.24) is 4.98 Å². The lowest BCUT2D eigenvalue weighted by molar-refractivity contribution is 0.306. The highest BCUT2D eigenvalue weighted by molar-refractivity contribution is 5.79. The van der Waals surface area contributed by atoms with E-state index >= 15 is 0 Å². The van der Waals surface area contributed by atoms with E-state index in [0.29, 0.717) is 6.61 Å². The minimum atomic E-state index is -0.104. The minimum Gasteiger partial charge on any atom is -0.489 e. The second-order valence-electron chi connectivity index (χ2n) is 4.35. The molecule has 0 fully saturated rings. The van der Waals surface area contributed by atoms with Crippen molar-refractivity contribution >= 4 is 10.9 Å². The van der Waals surface area contributed by atoms with Gasteiger partial charge in [0.2, 0.25) is 5.56 Å². The van der Waals surface area contributed by atoms with E-state index in [2.05, 4.69) is 4.98 Å². The average molecular weight is 251 g/mol. The number of fused-ring (bicyclic) bond motifs is 1. The number of hydrogen-bond donors (Lipinski definition) is 1. The Labute approximate surface area is 110 Å². The van der Waals surface area contributed by atoms with Crippen molar-refractivity contribution in [1.29, 1.82) is 0 Å². The summed E-state index contributed by atoms with van der Waals surface area (Å²) in [6.45, 7) is 0.517. The Morgan fingerprint density at radius 1 is 0.947 bits per heavy atom. The number of aromatic nitrogens is 1. The first-order valence-electron chi connectivity index (χ1n) is 6.11. The van der Waals surface area contributed by atoms with E-state index in [-0.39, 0.29) is 5.56 Å². The highest BCUT2D eigenvalue weighted by atomic mass is 16.5. The molecule has 3 rings (SSSR count). The normalized spacial score (nSPS) is 10.5. The molecule has 0 radical (unpaired) electrons. The minimum absolute atomic E-state index is 0.104. The molecular weight excluding hydrogens is 238 g/mol. The van der Waals surface area contributed by atoms with Crippen molar-refractivity contribution in [3.63, 3.8) is 0 Å². The number of pyridine rings is 1. The Bertz CT molecular complexity index is 747. The van der Waals surface area contributed by atoms with Gasteiger partial charge in [0.1, 0.15) is 12.4 Å². The van der Waals surface area contributed by atoms with Crippen molar-refractivity contribution in [2.24, 2.45) is 0 Å². The lowest BCUT2D eigenvalue weighted by atomic mass is 10.2. The van der Waals surface area contributed by atoms with Gasteiger partial charge < -0.3 is 9.72 Å². The number of aromatic amines is 1. The summed E-state index contributed by atoms with van der Waals surface area (Å²) in [6, 6.07) is 19.0. The number of H-pyrrole nitrogens is 1. The summed E-state index contributed by atoms with van der Waals surface area (Å²) in [4.78, 5) is 14.1. The fourth-order valence-corrected chi connectivity index (χ4v) is 1.96. The van der Waals surface area contributed by atoms with E-state index in [1.54, 1.807) is 6.07 Å². The van der Waals surface area contributed by atoms with Gasteiger partial charge in [-0.05, 0) is 29.1 Å². The van der Waals surface area contributed by atoms with Gasteiger partial charge in [0, 0.05) is 12.1 Å². The second kappa shape index (κ2) is 4.98. The van der Waals surface area contributed by atoms with Crippen LogP contribution in [0.5, 0.6) is 5.75 Å². The predicted octanol–water partition coefficient (Wildman–Crippen LogP) is 3.11.